The Kier molecular flexibility index (Phi) is 13.2. The number of carbonyl (C=O) groups is 2. The smallest absolute Gasteiger partial charge is 0.472 e. The molecule has 0 bridgehead atoms. The van der Waals surface area contributed by atoms with Gasteiger partial charge in [0.2, 0.25) is 0 Å². The number of hydrogen-bond donors (Lipinski definition) is 3. The molecule has 9 nitrogen and oxygen atoms in total. The third-order valence-electron chi connectivity index (χ3n) is 3.32. The molecule has 0 saturated heterocycles. The first kappa shape index (κ1) is 24.8. The lowest BCUT2D eigenvalue weighted by Gasteiger charge is -2.18. The Hall–Kier alpha value is -1.25. The molecular weight excluding hydrogens is 365 g/mol. The van der Waals surface area contributed by atoms with Crippen LogP contribution in [0.1, 0.15) is 51.9 Å². The van der Waals surface area contributed by atoms with E-state index in [1.807, 2.05) is 6.08 Å². The molecule has 0 aromatic carbocycles. The van der Waals surface area contributed by atoms with Gasteiger partial charge in [-0.3, -0.25) is 18.6 Å². The van der Waals surface area contributed by atoms with Crippen molar-refractivity contribution in [3.05, 3.63) is 12.7 Å². The van der Waals surface area contributed by atoms with Gasteiger partial charge < -0.3 is 20.5 Å². The van der Waals surface area contributed by atoms with Crippen LogP contribution in [-0.2, 0) is 27.9 Å². The minimum atomic E-state index is -4.48. The van der Waals surface area contributed by atoms with Crippen LogP contribution in [0.15, 0.2) is 12.7 Å². The van der Waals surface area contributed by atoms with Crippen molar-refractivity contribution in [2.24, 2.45) is 5.73 Å². The Morgan fingerprint density at radius 3 is 2.42 bits per heavy atom. The van der Waals surface area contributed by atoms with Gasteiger partial charge in [-0.1, -0.05) is 25.3 Å². The van der Waals surface area contributed by atoms with Gasteiger partial charge in [-0.25, -0.2) is 4.57 Å². The zero-order valence-electron chi connectivity index (χ0n) is 15.2. The highest BCUT2D eigenvalue weighted by Crippen LogP contribution is 2.44. The van der Waals surface area contributed by atoms with Crippen LogP contribution in [0.3, 0.4) is 0 Å². The maximum absolute atomic E-state index is 11.6. The van der Waals surface area contributed by atoms with Crippen molar-refractivity contribution in [1.82, 2.24) is 0 Å². The second-order valence-electron chi connectivity index (χ2n) is 5.90. The number of phosphoric acid groups is 1. The molecule has 0 radical (unpaired) electrons. The summed E-state index contributed by atoms with van der Waals surface area (Å²) in [5.41, 5.74) is 5.16. The van der Waals surface area contributed by atoms with Crippen LogP contribution in [0, 0.1) is 0 Å². The quantitative estimate of drug-likeness (QED) is 0.155. The van der Waals surface area contributed by atoms with Gasteiger partial charge in [0, 0.05) is 6.42 Å². The Morgan fingerprint density at radius 2 is 1.81 bits per heavy atom. The summed E-state index contributed by atoms with van der Waals surface area (Å²) in [5, 5.41) is 8.57. The van der Waals surface area contributed by atoms with Gasteiger partial charge in [0.1, 0.15) is 18.8 Å². The molecule has 1 unspecified atom stereocenters. The molecule has 0 amide bonds. The number of ether oxygens (including phenoxy) is 1. The summed E-state index contributed by atoms with van der Waals surface area (Å²) in [6.07, 6.45) is 7.16. The first-order valence-electron chi connectivity index (χ1n) is 8.58. The summed E-state index contributed by atoms with van der Waals surface area (Å²) < 4.78 is 25.8. The maximum Gasteiger partial charge on any atom is 0.472 e. The molecule has 152 valence electrons. The van der Waals surface area contributed by atoms with E-state index < -0.39 is 38.5 Å². The molecule has 0 aromatic heterocycles. The molecule has 0 fully saturated rings. The van der Waals surface area contributed by atoms with Crippen molar-refractivity contribution >= 4 is 19.8 Å². The summed E-state index contributed by atoms with van der Waals surface area (Å²) in [4.78, 5) is 31.6. The molecule has 0 aliphatic carbocycles. The number of rotatable bonds is 16. The molecule has 10 heteroatoms. The van der Waals surface area contributed by atoms with Crippen LogP contribution < -0.4 is 5.73 Å². The molecular formula is C16H30NO8P. The van der Waals surface area contributed by atoms with Crippen LogP contribution >= 0.6 is 7.82 Å². The van der Waals surface area contributed by atoms with Crippen LogP contribution in [0.4, 0.5) is 0 Å². The summed E-state index contributed by atoms with van der Waals surface area (Å²) in [5.74, 6) is -1.78. The van der Waals surface area contributed by atoms with E-state index in [1.165, 1.54) is 6.92 Å². The predicted octanol–water partition coefficient (Wildman–Crippen LogP) is 2.38. The van der Waals surface area contributed by atoms with Crippen LogP contribution in [-0.4, -0.2) is 47.3 Å². The maximum atomic E-state index is 11.6. The third-order valence-corrected chi connectivity index (χ3v) is 4.42. The number of nitrogens with two attached hydrogens (primary N) is 1. The minimum Gasteiger partial charge on any atom is -0.480 e. The predicted molar refractivity (Wildman–Crippen MR) is 95.4 cm³/mol. The Labute approximate surface area is 154 Å². The van der Waals surface area contributed by atoms with E-state index in [9.17, 15) is 19.0 Å². The largest absolute Gasteiger partial charge is 0.480 e. The van der Waals surface area contributed by atoms with E-state index in [0.29, 0.717) is 0 Å². The van der Waals surface area contributed by atoms with Gasteiger partial charge in [-0.05, 0) is 26.2 Å². The average molecular weight is 395 g/mol. The highest BCUT2D eigenvalue weighted by atomic mass is 31.2. The number of allylic oxidation sites excluding steroid dienone is 1. The Morgan fingerprint density at radius 1 is 1.19 bits per heavy atom. The molecule has 0 aromatic rings. The fourth-order valence-electron chi connectivity index (χ4n) is 1.90. The number of carboxylic acid groups (broad SMARTS) is 1. The standard InChI is InChI=1S/C16H30NO8P/c1-3-4-5-6-7-8-9-10-15(18)23-11-13(2)25-26(21,22)24-12-14(17)16(19)20/h3,13-14H,1,4-12,17H2,2H3,(H,19,20)(H,21,22)/t13-,14+/m1/s1. The normalized spacial score (nSPS) is 15.7. The van der Waals surface area contributed by atoms with Crippen molar-refractivity contribution in [1.29, 1.82) is 0 Å². The number of esters is 1. The first-order chi connectivity index (χ1) is 12.2. The van der Waals surface area contributed by atoms with Crippen molar-refractivity contribution < 1.29 is 37.9 Å². The second-order valence-corrected chi connectivity index (χ2v) is 7.31. The van der Waals surface area contributed by atoms with Gasteiger partial charge in [0.25, 0.3) is 0 Å². The van der Waals surface area contributed by atoms with E-state index in [4.69, 9.17) is 20.1 Å². The molecule has 0 spiro atoms. The van der Waals surface area contributed by atoms with E-state index >= 15 is 0 Å². The highest BCUT2D eigenvalue weighted by Gasteiger charge is 2.27. The molecule has 0 aliphatic rings. The third kappa shape index (κ3) is 14.0. The lowest BCUT2D eigenvalue weighted by atomic mass is 10.1. The summed E-state index contributed by atoms with van der Waals surface area (Å²) in [6.45, 7) is 4.20. The lowest BCUT2D eigenvalue weighted by Crippen LogP contribution is -2.34. The van der Waals surface area contributed by atoms with Crippen molar-refractivity contribution in [3.8, 4) is 0 Å². The van der Waals surface area contributed by atoms with Crippen LogP contribution in [0.5, 0.6) is 0 Å². The molecule has 26 heavy (non-hydrogen) atoms. The lowest BCUT2D eigenvalue weighted by molar-refractivity contribution is -0.146. The van der Waals surface area contributed by atoms with E-state index in [0.717, 1.165) is 38.5 Å². The molecule has 0 aliphatic heterocycles. The van der Waals surface area contributed by atoms with Gasteiger partial charge in [0.15, 0.2) is 0 Å². The van der Waals surface area contributed by atoms with Crippen molar-refractivity contribution in [2.45, 2.75) is 64.0 Å². The fraction of sp³-hybridized carbons (Fsp3) is 0.750. The first-order valence-corrected chi connectivity index (χ1v) is 10.1. The SMILES string of the molecule is C=CCCCCCCCC(=O)OC[C@@H](C)OP(=O)(O)OC[C@H](N)C(=O)O. The zero-order valence-corrected chi connectivity index (χ0v) is 16.1. The minimum absolute atomic E-state index is 0.211. The van der Waals surface area contributed by atoms with Gasteiger partial charge in [0.05, 0.1) is 6.61 Å². The number of aliphatic carboxylic acids is 1. The Bertz CT molecular complexity index is 485. The number of phosphoric ester groups is 1. The fourth-order valence-corrected chi connectivity index (χ4v) is 2.83. The molecule has 0 saturated carbocycles. The van der Waals surface area contributed by atoms with E-state index in [1.54, 1.807) is 0 Å². The van der Waals surface area contributed by atoms with E-state index in [2.05, 4.69) is 11.1 Å². The van der Waals surface area contributed by atoms with Crippen molar-refractivity contribution in [2.75, 3.05) is 13.2 Å². The zero-order chi connectivity index (χ0) is 20.0. The molecule has 3 atom stereocenters. The van der Waals surface area contributed by atoms with Crippen LogP contribution in [0.2, 0.25) is 0 Å². The summed E-state index contributed by atoms with van der Waals surface area (Å²) in [6, 6.07) is -1.44. The molecule has 4 N–H and O–H groups in total. The topological polar surface area (TPSA) is 145 Å². The number of carbonyl (C=O) groups excluding carboxylic acids is 1. The number of unbranched alkanes of at least 4 members (excludes halogenated alkanes) is 5. The highest BCUT2D eigenvalue weighted by molar-refractivity contribution is 7.47. The number of hydrogen-bond acceptors (Lipinski definition) is 7. The average Bonchev–Trinajstić information content (AvgIpc) is 2.56. The number of carboxylic acids is 1. The van der Waals surface area contributed by atoms with Crippen molar-refractivity contribution in [3.63, 3.8) is 0 Å². The monoisotopic (exact) mass is 395 g/mol. The summed E-state index contributed by atoms with van der Waals surface area (Å²) >= 11 is 0. The van der Waals surface area contributed by atoms with Gasteiger partial charge in [-0.2, -0.15) is 0 Å². The second kappa shape index (κ2) is 13.9. The molecule has 0 rings (SSSR count). The van der Waals surface area contributed by atoms with E-state index in [-0.39, 0.29) is 13.0 Å². The molecule has 0 heterocycles. The van der Waals surface area contributed by atoms with Gasteiger partial charge >= 0.3 is 19.8 Å². The van der Waals surface area contributed by atoms with Crippen LogP contribution in [0.25, 0.3) is 0 Å². The van der Waals surface area contributed by atoms with Gasteiger partial charge in [-0.15, -0.1) is 6.58 Å². The Balaban J connectivity index is 3.86. The summed E-state index contributed by atoms with van der Waals surface area (Å²) in [7, 11) is -4.48.